The molecule has 104 valence electrons. The monoisotopic (exact) mass is 257 g/mol. The maximum atomic E-state index is 3.93. The molecule has 2 fully saturated rings. The minimum Gasteiger partial charge on any atom is -0.311 e. The summed E-state index contributed by atoms with van der Waals surface area (Å²) in [6, 6.07) is 12.6. The van der Waals surface area contributed by atoms with Crippen LogP contribution in [0.25, 0.3) is 0 Å². The van der Waals surface area contributed by atoms with Crippen molar-refractivity contribution < 1.29 is 0 Å². The molecular weight excluding hydrogens is 230 g/mol. The predicted molar refractivity (Wildman–Crippen MR) is 81.3 cm³/mol. The van der Waals surface area contributed by atoms with Crippen molar-refractivity contribution in [3.63, 3.8) is 0 Å². The minimum absolute atomic E-state index is 0.772. The Hall–Kier alpha value is -0.820. The average molecular weight is 257 g/mol. The molecule has 1 nitrogen and oxygen atoms in total. The molecular formula is C18H27N. The summed E-state index contributed by atoms with van der Waals surface area (Å²) < 4.78 is 0. The Morgan fingerprint density at radius 2 is 1.84 bits per heavy atom. The first-order chi connectivity index (χ1) is 9.28. The van der Waals surface area contributed by atoms with Crippen molar-refractivity contribution in [3.8, 4) is 0 Å². The Labute approximate surface area is 117 Å². The van der Waals surface area contributed by atoms with E-state index in [-0.39, 0.29) is 0 Å². The van der Waals surface area contributed by atoms with Crippen molar-refractivity contribution in [2.45, 2.75) is 64.0 Å². The van der Waals surface area contributed by atoms with Gasteiger partial charge in [0.2, 0.25) is 0 Å². The van der Waals surface area contributed by atoms with Gasteiger partial charge in [-0.2, -0.15) is 0 Å². The first-order valence-electron chi connectivity index (χ1n) is 8.09. The molecule has 0 aliphatic heterocycles. The summed E-state index contributed by atoms with van der Waals surface area (Å²) in [6.07, 6.45) is 6.86. The molecule has 2 saturated carbocycles. The molecule has 1 aromatic rings. The summed E-state index contributed by atoms with van der Waals surface area (Å²) >= 11 is 0. The van der Waals surface area contributed by atoms with Crippen LogP contribution in [-0.4, -0.2) is 12.1 Å². The summed E-state index contributed by atoms with van der Waals surface area (Å²) in [5, 5.41) is 3.93. The third-order valence-electron chi connectivity index (χ3n) is 5.61. The van der Waals surface area contributed by atoms with Crippen molar-refractivity contribution in [3.05, 3.63) is 35.9 Å². The fraction of sp³-hybridized carbons (Fsp3) is 0.667. The molecule has 1 N–H and O–H groups in total. The van der Waals surface area contributed by atoms with Gasteiger partial charge in [0.1, 0.15) is 0 Å². The van der Waals surface area contributed by atoms with E-state index in [2.05, 4.69) is 49.5 Å². The molecule has 0 aromatic heterocycles. The summed E-state index contributed by atoms with van der Waals surface area (Å²) in [6.45, 7) is 4.80. The minimum atomic E-state index is 0.772. The molecule has 1 heteroatoms. The van der Waals surface area contributed by atoms with Crippen LogP contribution in [0.5, 0.6) is 0 Å². The molecule has 0 radical (unpaired) electrons. The Kier molecular flexibility index (Phi) is 3.93. The zero-order valence-electron chi connectivity index (χ0n) is 12.3. The van der Waals surface area contributed by atoms with Crippen LogP contribution >= 0.6 is 0 Å². The van der Waals surface area contributed by atoms with Gasteiger partial charge in [-0.15, -0.1) is 0 Å². The van der Waals surface area contributed by atoms with Gasteiger partial charge in [-0.1, -0.05) is 50.6 Å². The van der Waals surface area contributed by atoms with E-state index in [4.69, 9.17) is 0 Å². The molecule has 0 saturated heterocycles. The van der Waals surface area contributed by atoms with E-state index in [0.29, 0.717) is 0 Å². The van der Waals surface area contributed by atoms with Crippen LogP contribution in [0.2, 0.25) is 0 Å². The van der Waals surface area contributed by atoms with Gasteiger partial charge in [0.05, 0.1) is 0 Å². The van der Waals surface area contributed by atoms with Crippen molar-refractivity contribution in [2.75, 3.05) is 0 Å². The van der Waals surface area contributed by atoms with Gasteiger partial charge < -0.3 is 5.32 Å². The van der Waals surface area contributed by atoms with E-state index >= 15 is 0 Å². The SMILES string of the molecule is CCC1CCC(NC2CC(c3ccccc3)C2)C1C. The van der Waals surface area contributed by atoms with E-state index in [9.17, 15) is 0 Å². The van der Waals surface area contributed by atoms with Crippen LogP contribution < -0.4 is 5.32 Å². The van der Waals surface area contributed by atoms with Crippen LogP contribution in [0.15, 0.2) is 30.3 Å². The van der Waals surface area contributed by atoms with E-state index in [1.807, 2.05) is 0 Å². The Bertz CT molecular complexity index is 393. The normalized spacial score (nSPS) is 38.1. The molecule has 19 heavy (non-hydrogen) atoms. The van der Waals surface area contributed by atoms with E-state index in [1.54, 1.807) is 0 Å². The highest BCUT2D eigenvalue weighted by molar-refractivity contribution is 5.22. The molecule has 2 aliphatic rings. The first kappa shape index (κ1) is 13.2. The van der Waals surface area contributed by atoms with Crippen LogP contribution in [0.1, 0.15) is 57.4 Å². The predicted octanol–water partition coefficient (Wildman–Crippen LogP) is 4.35. The number of rotatable bonds is 4. The Morgan fingerprint density at radius 3 is 2.47 bits per heavy atom. The van der Waals surface area contributed by atoms with E-state index < -0.39 is 0 Å². The third kappa shape index (κ3) is 2.72. The molecule has 0 spiro atoms. The second-order valence-electron chi connectivity index (χ2n) is 6.65. The Balaban J connectivity index is 1.47. The molecule has 3 unspecified atom stereocenters. The second-order valence-corrected chi connectivity index (χ2v) is 6.65. The van der Waals surface area contributed by atoms with Gasteiger partial charge in [-0.3, -0.25) is 0 Å². The maximum absolute atomic E-state index is 3.93. The van der Waals surface area contributed by atoms with Gasteiger partial charge >= 0.3 is 0 Å². The van der Waals surface area contributed by atoms with Crippen molar-refractivity contribution in [1.29, 1.82) is 0 Å². The summed E-state index contributed by atoms with van der Waals surface area (Å²) in [5.74, 6) is 2.64. The summed E-state index contributed by atoms with van der Waals surface area (Å²) in [7, 11) is 0. The zero-order valence-corrected chi connectivity index (χ0v) is 12.3. The topological polar surface area (TPSA) is 12.0 Å². The molecule has 0 bridgehead atoms. The van der Waals surface area contributed by atoms with E-state index in [1.165, 1.54) is 37.7 Å². The van der Waals surface area contributed by atoms with Gasteiger partial charge in [0.15, 0.2) is 0 Å². The fourth-order valence-corrected chi connectivity index (χ4v) is 4.11. The van der Waals surface area contributed by atoms with Gasteiger partial charge in [0, 0.05) is 12.1 Å². The lowest BCUT2D eigenvalue weighted by Crippen LogP contribution is -2.46. The quantitative estimate of drug-likeness (QED) is 0.845. The molecule has 3 rings (SSSR count). The van der Waals surface area contributed by atoms with Crippen LogP contribution in [-0.2, 0) is 0 Å². The molecule has 0 amide bonds. The number of hydrogen-bond acceptors (Lipinski definition) is 1. The lowest BCUT2D eigenvalue weighted by atomic mass is 9.75. The van der Waals surface area contributed by atoms with E-state index in [0.717, 1.165) is 29.8 Å². The third-order valence-corrected chi connectivity index (χ3v) is 5.61. The van der Waals surface area contributed by atoms with Gasteiger partial charge in [0.25, 0.3) is 0 Å². The molecule has 2 aliphatic carbocycles. The molecule has 3 atom stereocenters. The lowest BCUT2D eigenvalue weighted by Gasteiger charge is -2.39. The van der Waals surface area contributed by atoms with Crippen molar-refractivity contribution >= 4 is 0 Å². The molecule has 0 heterocycles. The lowest BCUT2D eigenvalue weighted by molar-refractivity contribution is 0.235. The molecule has 1 aromatic carbocycles. The Morgan fingerprint density at radius 1 is 1.11 bits per heavy atom. The van der Waals surface area contributed by atoms with Crippen molar-refractivity contribution in [1.82, 2.24) is 5.32 Å². The van der Waals surface area contributed by atoms with Gasteiger partial charge in [-0.25, -0.2) is 0 Å². The average Bonchev–Trinajstić information content (AvgIpc) is 2.75. The highest BCUT2D eigenvalue weighted by Gasteiger charge is 2.36. The van der Waals surface area contributed by atoms with Crippen molar-refractivity contribution in [2.24, 2.45) is 11.8 Å². The second kappa shape index (κ2) is 5.66. The smallest absolute Gasteiger partial charge is 0.00980 e. The zero-order chi connectivity index (χ0) is 13.2. The summed E-state index contributed by atoms with van der Waals surface area (Å²) in [5.41, 5.74) is 1.53. The standard InChI is InChI=1S/C18H27N/c1-3-14-9-10-18(13(14)2)19-17-11-16(12-17)15-7-5-4-6-8-15/h4-8,13-14,16-19H,3,9-12H2,1-2H3. The van der Waals surface area contributed by atoms with Crippen LogP contribution in [0, 0.1) is 11.8 Å². The largest absolute Gasteiger partial charge is 0.311 e. The highest BCUT2D eigenvalue weighted by Crippen LogP contribution is 2.40. The fourth-order valence-electron chi connectivity index (χ4n) is 4.11. The van der Waals surface area contributed by atoms with Gasteiger partial charge in [-0.05, 0) is 49.0 Å². The number of hydrogen-bond donors (Lipinski definition) is 1. The van der Waals surface area contributed by atoms with Crippen LogP contribution in [0.4, 0.5) is 0 Å². The number of benzene rings is 1. The maximum Gasteiger partial charge on any atom is 0.00980 e. The number of nitrogens with one attached hydrogen (secondary N) is 1. The first-order valence-corrected chi connectivity index (χ1v) is 8.09. The summed E-state index contributed by atoms with van der Waals surface area (Å²) in [4.78, 5) is 0. The highest BCUT2D eigenvalue weighted by atomic mass is 15.0. The van der Waals surface area contributed by atoms with Crippen LogP contribution in [0.3, 0.4) is 0 Å².